The quantitative estimate of drug-likeness (QED) is 0.679. The van der Waals surface area contributed by atoms with Gasteiger partial charge >= 0.3 is 0 Å². The molecule has 29 heavy (non-hydrogen) atoms. The molecule has 2 aromatic carbocycles. The topological polar surface area (TPSA) is 109 Å². The minimum absolute atomic E-state index is 0.0776. The van der Waals surface area contributed by atoms with Crippen molar-refractivity contribution in [2.24, 2.45) is 0 Å². The Hall–Kier alpha value is -2.65. The zero-order valence-corrected chi connectivity index (χ0v) is 17.5. The molecule has 3 rings (SSSR count). The maximum Gasteiger partial charge on any atom is 0.237 e. The van der Waals surface area contributed by atoms with Gasteiger partial charge in [-0.2, -0.15) is 0 Å². The fourth-order valence-electron chi connectivity index (χ4n) is 2.73. The van der Waals surface area contributed by atoms with Gasteiger partial charge in [0.25, 0.3) is 0 Å². The Bertz CT molecular complexity index is 1080. The molecule has 0 spiro atoms. The predicted octanol–water partition coefficient (Wildman–Crippen LogP) is 3.12. The van der Waals surface area contributed by atoms with Crippen LogP contribution >= 0.6 is 11.8 Å². The van der Waals surface area contributed by atoms with Crippen molar-refractivity contribution in [3.63, 3.8) is 0 Å². The number of nitrogens with one attached hydrogen (secondary N) is 2. The van der Waals surface area contributed by atoms with Crippen molar-refractivity contribution in [3.8, 4) is 0 Å². The van der Waals surface area contributed by atoms with Gasteiger partial charge in [-0.3, -0.25) is 14.4 Å². The summed E-state index contributed by atoms with van der Waals surface area (Å²) in [5.41, 5.74) is 1.61. The Morgan fingerprint density at radius 3 is 2.48 bits per heavy atom. The Morgan fingerprint density at radius 2 is 1.83 bits per heavy atom. The van der Waals surface area contributed by atoms with Crippen LogP contribution in [-0.2, 0) is 19.4 Å². The standard InChI is InChI=1S/C20H20N2O5S2/c1-12(23)14-3-5-15(6-4-14)21-19(24)9-10-29(26,27)16-7-8-17-18(11-16)28-13(2)20(25)22-17/h3-8,11,13H,9-10H2,1-2H3,(H,21,24)(H,22,25). The summed E-state index contributed by atoms with van der Waals surface area (Å²) in [4.78, 5) is 35.9. The maximum atomic E-state index is 12.6. The highest BCUT2D eigenvalue weighted by Crippen LogP contribution is 2.37. The lowest BCUT2D eigenvalue weighted by molar-refractivity contribution is -0.116. The number of sulfone groups is 1. The zero-order chi connectivity index (χ0) is 21.2. The van der Waals surface area contributed by atoms with Crippen LogP contribution in [0.4, 0.5) is 11.4 Å². The second-order valence-electron chi connectivity index (χ2n) is 6.66. The first-order chi connectivity index (χ1) is 13.7. The third-order valence-electron chi connectivity index (χ3n) is 4.42. The molecule has 1 unspecified atom stereocenters. The Morgan fingerprint density at radius 1 is 1.14 bits per heavy atom. The van der Waals surface area contributed by atoms with Crippen molar-refractivity contribution in [2.75, 3.05) is 16.4 Å². The Labute approximate surface area is 173 Å². The molecule has 7 nitrogen and oxygen atoms in total. The van der Waals surface area contributed by atoms with Crippen LogP contribution in [0.25, 0.3) is 0 Å². The molecule has 0 aliphatic carbocycles. The van der Waals surface area contributed by atoms with E-state index in [2.05, 4.69) is 10.6 Å². The van der Waals surface area contributed by atoms with E-state index in [1.807, 2.05) is 0 Å². The molecule has 0 bridgehead atoms. The molecule has 0 aromatic heterocycles. The van der Waals surface area contributed by atoms with Crippen LogP contribution in [0, 0.1) is 0 Å². The van der Waals surface area contributed by atoms with Gasteiger partial charge in [0, 0.05) is 22.6 Å². The lowest BCUT2D eigenvalue weighted by atomic mass is 10.1. The maximum absolute atomic E-state index is 12.6. The number of thioether (sulfide) groups is 1. The highest BCUT2D eigenvalue weighted by atomic mass is 32.2. The van der Waals surface area contributed by atoms with Gasteiger partial charge in [-0.1, -0.05) is 0 Å². The van der Waals surface area contributed by atoms with E-state index in [-0.39, 0.29) is 34.0 Å². The van der Waals surface area contributed by atoms with Crippen molar-refractivity contribution in [1.29, 1.82) is 0 Å². The van der Waals surface area contributed by atoms with E-state index in [4.69, 9.17) is 0 Å². The van der Waals surface area contributed by atoms with Crippen LogP contribution in [0.3, 0.4) is 0 Å². The van der Waals surface area contributed by atoms with Crippen molar-refractivity contribution >= 4 is 50.6 Å². The minimum atomic E-state index is -3.66. The number of Topliss-reactive ketones (excluding diaryl/α,β-unsaturated/α-hetero) is 1. The van der Waals surface area contributed by atoms with Crippen LogP contribution in [-0.4, -0.2) is 37.0 Å². The lowest BCUT2D eigenvalue weighted by Crippen LogP contribution is -2.26. The van der Waals surface area contributed by atoms with Crippen LogP contribution in [0.2, 0.25) is 0 Å². The summed E-state index contributed by atoms with van der Waals surface area (Å²) in [6.45, 7) is 3.20. The molecular weight excluding hydrogens is 412 g/mol. The summed E-state index contributed by atoms with van der Waals surface area (Å²) >= 11 is 1.30. The molecule has 9 heteroatoms. The van der Waals surface area contributed by atoms with Crippen molar-refractivity contribution < 1.29 is 22.8 Å². The molecule has 0 saturated carbocycles. The third kappa shape index (κ3) is 5.04. The SMILES string of the molecule is CC(=O)c1ccc(NC(=O)CCS(=O)(=O)c2ccc3c(c2)SC(C)C(=O)N3)cc1. The lowest BCUT2D eigenvalue weighted by Gasteiger charge is -2.21. The molecule has 0 saturated heterocycles. The number of hydrogen-bond acceptors (Lipinski definition) is 6. The summed E-state index contributed by atoms with van der Waals surface area (Å²) < 4.78 is 25.3. The Balaban J connectivity index is 1.64. The molecule has 1 heterocycles. The molecule has 1 atom stereocenters. The van der Waals surface area contributed by atoms with Crippen molar-refractivity contribution in [2.45, 2.75) is 35.3 Å². The van der Waals surface area contributed by atoms with Gasteiger partial charge in [-0.05, 0) is 56.3 Å². The number of ketones is 1. The van der Waals surface area contributed by atoms with Gasteiger partial charge in [-0.25, -0.2) is 8.42 Å². The first-order valence-corrected chi connectivity index (χ1v) is 11.4. The van der Waals surface area contributed by atoms with E-state index in [9.17, 15) is 22.8 Å². The second kappa shape index (κ2) is 8.38. The molecule has 0 fully saturated rings. The van der Waals surface area contributed by atoms with E-state index >= 15 is 0 Å². The minimum Gasteiger partial charge on any atom is -0.326 e. The van der Waals surface area contributed by atoms with Crippen LogP contribution in [0.1, 0.15) is 30.6 Å². The number of amides is 2. The van der Waals surface area contributed by atoms with E-state index < -0.39 is 15.7 Å². The molecule has 1 aliphatic heterocycles. The summed E-state index contributed by atoms with van der Waals surface area (Å²) in [5, 5.41) is 5.06. The number of anilines is 2. The van der Waals surface area contributed by atoms with Crippen LogP contribution in [0.5, 0.6) is 0 Å². The third-order valence-corrected chi connectivity index (χ3v) is 7.29. The molecule has 1 aliphatic rings. The van der Waals surface area contributed by atoms with Crippen molar-refractivity contribution in [3.05, 3.63) is 48.0 Å². The normalized spacial score (nSPS) is 15.9. The number of rotatable bonds is 6. The van der Waals surface area contributed by atoms with E-state index in [0.717, 1.165) is 0 Å². The first-order valence-electron chi connectivity index (χ1n) is 8.91. The first kappa shape index (κ1) is 21.1. The van der Waals surface area contributed by atoms with E-state index in [1.165, 1.54) is 30.8 Å². The Kier molecular flexibility index (Phi) is 6.09. The molecule has 2 N–H and O–H groups in total. The number of carbonyl (C=O) groups excluding carboxylic acids is 3. The van der Waals surface area contributed by atoms with Gasteiger partial charge < -0.3 is 10.6 Å². The molecule has 0 radical (unpaired) electrons. The van der Waals surface area contributed by atoms with Gasteiger partial charge in [0.1, 0.15) is 0 Å². The van der Waals surface area contributed by atoms with Gasteiger partial charge in [0.2, 0.25) is 11.8 Å². The van der Waals surface area contributed by atoms with Crippen molar-refractivity contribution in [1.82, 2.24) is 0 Å². The zero-order valence-electron chi connectivity index (χ0n) is 15.9. The summed E-state index contributed by atoms with van der Waals surface area (Å²) in [6.07, 6.45) is -0.200. The fourth-order valence-corrected chi connectivity index (χ4v) is 5.06. The van der Waals surface area contributed by atoms with Crippen LogP contribution in [0.15, 0.2) is 52.3 Å². The average Bonchev–Trinajstić information content (AvgIpc) is 2.67. The fraction of sp³-hybridized carbons (Fsp3) is 0.250. The smallest absolute Gasteiger partial charge is 0.237 e. The van der Waals surface area contributed by atoms with Gasteiger partial charge in [0.15, 0.2) is 15.6 Å². The van der Waals surface area contributed by atoms with Crippen LogP contribution < -0.4 is 10.6 Å². The van der Waals surface area contributed by atoms with E-state index in [1.54, 1.807) is 37.3 Å². The average molecular weight is 433 g/mol. The number of hydrogen-bond donors (Lipinski definition) is 2. The molecular formula is C20H20N2O5S2. The summed E-state index contributed by atoms with van der Waals surface area (Å²) in [5.74, 6) is -0.968. The summed E-state index contributed by atoms with van der Waals surface area (Å²) in [6, 6.07) is 10.9. The highest BCUT2D eigenvalue weighted by Gasteiger charge is 2.25. The second-order valence-corrected chi connectivity index (χ2v) is 10.1. The summed E-state index contributed by atoms with van der Waals surface area (Å²) in [7, 11) is -3.66. The van der Waals surface area contributed by atoms with Gasteiger partial charge in [0.05, 0.1) is 21.6 Å². The monoisotopic (exact) mass is 432 g/mol. The highest BCUT2D eigenvalue weighted by molar-refractivity contribution is 8.01. The number of fused-ring (bicyclic) bond motifs is 1. The largest absolute Gasteiger partial charge is 0.326 e. The van der Waals surface area contributed by atoms with Gasteiger partial charge in [-0.15, -0.1) is 11.8 Å². The number of benzene rings is 2. The van der Waals surface area contributed by atoms with E-state index in [0.29, 0.717) is 21.8 Å². The predicted molar refractivity (Wildman–Crippen MR) is 112 cm³/mol. The molecule has 2 aromatic rings. The molecule has 2 amide bonds. The molecule has 152 valence electrons. The number of carbonyl (C=O) groups is 3.